The molecule has 5 nitrogen and oxygen atoms in total. The Morgan fingerprint density at radius 3 is 2.50 bits per heavy atom. The van der Waals surface area contributed by atoms with Gasteiger partial charge in [0.2, 0.25) is 5.88 Å². The number of hydrogen-bond donors (Lipinski definition) is 0. The number of methoxy groups -OCH3 is 1. The van der Waals surface area contributed by atoms with Gasteiger partial charge in [-0.3, -0.25) is 4.79 Å². The van der Waals surface area contributed by atoms with Crippen molar-refractivity contribution in [2.24, 2.45) is 0 Å². The van der Waals surface area contributed by atoms with Crippen molar-refractivity contribution in [1.29, 1.82) is 0 Å². The molecular weight excluding hydrogens is 356 g/mol. The van der Waals surface area contributed by atoms with Crippen LogP contribution in [0.2, 0.25) is 0 Å². The number of nitrogens with zero attached hydrogens (tertiary/aromatic N) is 2. The van der Waals surface area contributed by atoms with Gasteiger partial charge in [-0.25, -0.2) is 9.37 Å². The number of benzene rings is 1. The molecule has 0 saturated heterocycles. The molecule has 140 valence electrons. The molecule has 0 aliphatic rings. The Kier molecular flexibility index (Phi) is 6.01. The molecule has 0 aliphatic heterocycles. The van der Waals surface area contributed by atoms with Gasteiger partial charge in [0.05, 0.1) is 12.7 Å². The quantitative estimate of drug-likeness (QED) is 0.729. The number of carbonyl (C=O) groups excluding carboxylic acids is 1. The zero-order valence-electron chi connectivity index (χ0n) is 14.0. The number of ether oxygens (including phenoxy) is 2. The number of amides is 1. The van der Waals surface area contributed by atoms with Gasteiger partial charge in [-0.05, 0) is 23.8 Å². The van der Waals surface area contributed by atoms with E-state index in [1.165, 1.54) is 43.3 Å². The Morgan fingerprint density at radius 2 is 1.96 bits per heavy atom. The van der Waals surface area contributed by atoms with Crippen molar-refractivity contribution in [2.45, 2.75) is 12.7 Å². The van der Waals surface area contributed by atoms with Crippen LogP contribution in [0.1, 0.15) is 15.9 Å². The van der Waals surface area contributed by atoms with Gasteiger partial charge in [0.1, 0.15) is 0 Å². The molecule has 1 heterocycles. The fraction of sp³-hybridized carbons (Fsp3) is 0.294. The van der Waals surface area contributed by atoms with Gasteiger partial charge in [-0.15, -0.1) is 0 Å². The van der Waals surface area contributed by atoms with Crippen molar-refractivity contribution in [2.75, 3.05) is 20.8 Å². The highest BCUT2D eigenvalue weighted by Crippen LogP contribution is 2.20. The molecule has 0 N–H and O–H groups in total. The second-order valence-corrected chi connectivity index (χ2v) is 5.42. The molecule has 0 unspecified atom stereocenters. The Morgan fingerprint density at radius 1 is 1.23 bits per heavy atom. The van der Waals surface area contributed by atoms with Crippen molar-refractivity contribution in [3.05, 3.63) is 53.5 Å². The fourth-order valence-corrected chi connectivity index (χ4v) is 2.12. The topological polar surface area (TPSA) is 51.7 Å². The zero-order valence-corrected chi connectivity index (χ0v) is 14.0. The Hall–Kier alpha value is -2.84. The van der Waals surface area contributed by atoms with Gasteiger partial charge in [-0.2, -0.15) is 13.2 Å². The molecule has 1 aromatic heterocycles. The minimum Gasteiger partial charge on any atom is -0.494 e. The van der Waals surface area contributed by atoms with Crippen LogP contribution in [0, 0.1) is 5.82 Å². The maximum absolute atomic E-state index is 13.7. The van der Waals surface area contributed by atoms with E-state index in [9.17, 15) is 22.4 Å². The van der Waals surface area contributed by atoms with Crippen molar-refractivity contribution in [3.8, 4) is 11.6 Å². The second kappa shape index (κ2) is 8.03. The Balaban J connectivity index is 2.00. The predicted octanol–water partition coefficient (Wildman–Crippen LogP) is 3.44. The Labute approximate surface area is 147 Å². The third-order valence-corrected chi connectivity index (χ3v) is 3.35. The van der Waals surface area contributed by atoms with Crippen LogP contribution < -0.4 is 9.47 Å². The summed E-state index contributed by atoms with van der Waals surface area (Å²) in [5, 5.41) is 0. The first-order valence-electron chi connectivity index (χ1n) is 7.43. The molecule has 0 atom stereocenters. The molecule has 0 saturated carbocycles. The molecule has 0 aliphatic carbocycles. The number of halogens is 4. The highest BCUT2D eigenvalue weighted by atomic mass is 19.4. The third-order valence-electron chi connectivity index (χ3n) is 3.35. The van der Waals surface area contributed by atoms with E-state index in [0.717, 1.165) is 6.20 Å². The molecule has 0 radical (unpaired) electrons. The van der Waals surface area contributed by atoms with Crippen molar-refractivity contribution < 1.29 is 31.8 Å². The van der Waals surface area contributed by atoms with Gasteiger partial charge < -0.3 is 14.4 Å². The minimum atomic E-state index is -4.47. The van der Waals surface area contributed by atoms with Crippen LogP contribution in [0.5, 0.6) is 11.6 Å². The molecule has 0 spiro atoms. The van der Waals surface area contributed by atoms with E-state index in [-0.39, 0.29) is 23.7 Å². The highest BCUT2D eigenvalue weighted by molar-refractivity contribution is 5.93. The minimum absolute atomic E-state index is 0.0985. The molecule has 0 fully saturated rings. The van der Waals surface area contributed by atoms with E-state index >= 15 is 0 Å². The second-order valence-electron chi connectivity index (χ2n) is 5.42. The van der Waals surface area contributed by atoms with Crippen LogP contribution in [-0.2, 0) is 6.54 Å². The molecule has 2 rings (SSSR count). The van der Waals surface area contributed by atoms with Gasteiger partial charge in [-0.1, -0.05) is 6.07 Å². The van der Waals surface area contributed by atoms with E-state index in [0.29, 0.717) is 5.56 Å². The van der Waals surface area contributed by atoms with Crippen LogP contribution in [0.4, 0.5) is 17.6 Å². The molecule has 0 bridgehead atoms. The summed E-state index contributed by atoms with van der Waals surface area (Å²) in [6.07, 6.45) is -3.34. The number of alkyl halides is 3. The normalized spacial score (nSPS) is 11.2. The van der Waals surface area contributed by atoms with Gasteiger partial charge in [0.25, 0.3) is 5.91 Å². The molecular formula is C17H16F4N2O3. The van der Waals surface area contributed by atoms with E-state index in [2.05, 4.69) is 9.72 Å². The first kappa shape index (κ1) is 19.5. The largest absolute Gasteiger partial charge is 0.494 e. The molecule has 9 heteroatoms. The van der Waals surface area contributed by atoms with Crippen LogP contribution in [-0.4, -0.2) is 42.7 Å². The van der Waals surface area contributed by atoms with E-state index < -0.39 is 24.5 Å². The monoisotopic (exact) mass is 372 g/mol. The van der Waals surface area contributed by atoms with E-state index in [1.54, 1.807) is 6.07 Å². The van der Waals surface area contributed by atoms with Crippen LogP contribution in [0.3, 0.4) is 0 Å². The van der Waals surface area contributed by atoms with E-state index in [1.807, 2.05) is 0 Å². The number of hydrogen-bond acceptors (Lipinski definition) is 4. The lowest BCUT2D eigenvalue weighted by atomic mass is 10.2. The van der Waals surface area contributed by atoms with E-state index in [4.69, 9.17) is 4.74 Å². The summed E-state index contributed by atoms with van der Waals surface area (Å²) in [6, 6.07) is 6.83. The average molecular weight is 372 g/mol. The molecule has 2 aromatic rings. The third kappa shape index (κ3) is 5.33. The van der Waals surface area contributed by atoms with Crippen molar-refractivity contribution >= 4 is 5.91 Å². The van der Waals surface area contributed by atoms with Gasteiger partial charge in [0.15, 0.2) is 18.2 Å². The standard InChI is InChI=1S/C17H16F4N2O3/c1-23(9-11-3-5-14(25-2)13(18)7-11)16(24)12-4-6-15(22-8-12)26-10-17(19,20)21/h3-8H,9-10H2,1-2H3. The van der Waals surface area contributed by atoms with Crippen LogP contribution in [0.15, 0.2) is 36.5 Å². The SMILES string of the molecule is COc1ccc(CN(C)C(=O)c2ccc(OCC(F)(F)F)nc2)cc1F. The summed E-state index contributed by atoms with van der Waals surface area (Å²) in [5.41, 5.74) is 0.720. The Bertz CT molecular complexity index is 764. The lowest BCUT2D eigenvalue weighted by Crippen LogP contribution is -2.26. The lowest BCUT2D eigenvalue weighted by Gasteiger charge is -2.18. The van der Waals surface area contributed by atoms with Gasteiger partial charge in [0, 0.05) is 25.9 Å². The number of aromatic nitrogens is 1. The maximum atomic E-state index is 13.7. The van der Waals surface area contributed by atoms with Gasteiger partial charge >= 0.3 is 6.18 Å². The number of carbonyl (C=O) groups is 1. The van der Waals surface area contributed by atoms with Crippen molar-refractivity contribution in [1.82, 2.24) is 9.88 Å². The average Bonchev–Trinajstić information content (AvgIpc) is 2.59. The maximum Gasteiger partial charge on any atom is 0.422 e. The number of rotatable bonds is 6. The first-order chi connectivity index (χ1) is 12.2. The summed E-state index contributed by atoms with van der Waals surface area (Å²) in [4.78, 5) is 17.3. The summed E-state index contributed by atoms with van der Waals surface area (Å²) in [7, 11) is 2.86. The predicted molar refractivity (Wildman–Crippen MR) is 84.5 cm³/mol. The summed E-state index contributed by atoms with van der Waals surface area (Å²) in [5.74, 6) is -1.10. The van der Waals surface area contributed by atoms with Crippen LogP contribution >= 0.6 is 0 Å². The number of pyridine rings is 1. The molecule has 26 heavy (non-hydrogen) atoms. The molecule has 1 amide bonds. The summed E-state index contributed by atoms with van der Waals surface area (Å²) >= 11 is 0. The fourth-order valence-electron chi connectivity index (χ4n) is 2.12. The summed E-state index contributed by atoms with van der Waals surface area (Å²) in [6.45, 7) is -1.33. The smallest absolute Gasteiger partial charge is 0.422 e. The lowest BCUT2D eigenvalue weighted by molar-refractivity contribution is -0.154. The first-order valence-corrected chi connectivity index (χ1v) is 7.43. The highest BCUT2D eigenvalue weighted by Gasteiger charge is 2.28. The summed E-state index contributed by atoms with van der Waals surface area (Å²) < 4.78 is 59.3. The molecule has 1 aromatic carbocycles. The zero-order chi connectivity index (χ0) is 19.3. The van der Waals surface area contributed by atoms with Crippen LogP contribution in [0.25, 0.3) is 0 Å². The van der Waals surface area contributed by atoms with Crippen molar-refractivity contribution in [3.63, 3.8) is 0 Å².